The number of halogens is 3. The number of anilines is 1. The Bertz CT molecular complexity index is 987. The molecule has 5 nitrogen and oxygen atoms in total. The highest BCUT2D eigenvalue weighted by molar-refractivity contribution is 5.90. The quantitative estimate of drug-likeness (QED) is 0.531. The monoisotopic (exact) mass is 431 g/mol. The third kappa shape index (κ3) is 6.11. The molecule has 31 heavy (non-hydrogen) atoms. The van der Waals surface area contributed by atoms with Crippen molar-refractivity contribution in [2.75, 3.05) is 25.6 Å². The molecule has 0 aliphatic rings. The molecule has 3 rings (SSSR count). The normalized spacial score (nSPS) is 11.4. The molecule has 1 N–H and O–H groups in total. The topological polar surface area (TPSA) is 46.5 Å². The van der Waals surface area contributed by atoms with Gasteiger partial charge in [-0.05, 0) is 29.8 Å². The summed E-state index contributed by atoms with van der Waals surface area (Å²) < 4.78 is 46.9. The molecule has 0 unspecified atom stereocenters. The van der Waals surface area contributed by atoms with Gasteiger partial charge in [-0.15, -0.1) is 0 Å². The van der Waals surface area contributed by atoms with Crippen LogP contribution >= 0.6 is 0 Å². The lowest BCUT2D eigenvalue weighted by Crippen LogP contribution is -2.37. The third-order valence-corrected chi connectivity index (χ3v) is 4.80. The Morgan fingerprint density at radius 1 is 1.03 bits per heavy atom. The SMILES string of the molecule is COCCN(Cc1cccn1Cc1ccccc1)C(=O)Nc1ccccc1C(F)(F)F. The summed E-state index contributed by atoms with van der Waals surface area (Å²) in [5, 5.41) is 2.41. The second-order valence-corrected chi connectivity index (χ2v) is 7.00. The number of nitrogens with one attached hydrogen (secondary N) is 1. The van der Waals surface area contributed by atoms with Gasteiger partial charge in [-0.3, -0.25) is 0 Å². The molecule has 3 aromatic rings. The lowest BCUT2D eigenvalue weighted by atomic mass is 10.1. The fraction of sp³-hybridized carbons (Fsp3) is 0.261. The molecule has 0 fully saturated rings. The summed E-state index contributed by atoms with van der Waals surface area (Å²) in [7, 11) is 1.51. The smallest absolute Gasteiger partial charge is 0.383 e. The number of carbonyl (C=O) groups excluding carboxylic acids is 1. The average Bonchev–Trinajstić information content (AvgIpc) is 3.18. The fourth-order valence-electron chi connectivity index (χ4n) is 3.21. The summed E-state index contributed by atoms with van der Waals surface area (Å²) in [4.78, 5) is 14.3. The summed E-state index contributed by atoms with van der Waals surface area (Å²) >= 11 is 0. The van der Waals surface area contributed by atoms with E-state index >= 15 is 0 Å². The van der Waals surface area contributed by atoms with E-state index < -0.39 is 17.8 Å². The van der Waals surface area contributed by atoms with Crippen molar-refractivity contribution in [2.45, 2.75) is 19.3 Å². The predicted molar refractivity (Wildman–Crippen MR) is 113 cm³/mol. The minimum atomic E-state index is -4.56. The zero-order valence-electron chi connectivity index (χ0n) is 17.1. The standard InChI is InChI=1S/C23H24F3N3O2/c1-31-15-14-29(22(30)27-21-12-6-5-11-20(21)23(24,25)26)17-19-10-7-13-28(19)16-18-8-3-2-4-9-18/h2-13H,14-17H2,1H3,(H,27,30). The van der Waals surface area contributed by atoms with Crippen molar-refractivity contribution in [3.8, 4) is 0 Å². The molecule has 2 aromatic carbocycles. The summed E-state index contributed by atoms with van der Waals surface area (Å²) in [6, 6.07) is 17.9. The second kappa shape index (κ2) is 10.2. The van der Waals surface area contributed by atoms with Gasteiger partial charge in [0, 0.05) is 32.1 Å². The van der Waals surface area contributed by atoms with Crippen molar-refractivity contribution in [3.05, 3.63) is 89.7 Å². The number of carbonyl (C=O) groups is 1. The van der Waals surface area contributed by atoms with Gasteiger partial charge in [-0.1, -0.05) is 42.5 Å². The Kier molecular flexibility index (Phi) is 7.36. The van der Waals surface area contributed by atoms with Crippen LogP contribution in [0.5, 0.6) is 0 Å². The first-order valence-corrected chi connectivity index (χ1v) is 9.77. The maximum absolute atomic E-state index is 13.3. The van der Waals surface area contributed by atoms with E-state index in [0.717, 1.165) is 17.3 Å². The predicted octanol–water partition coefficient (Wildman–Crippen LogP) is 5.24. The highest BCUT2D eigenvalue weighted by Gasteiger charge is 2.34. The number of para-hydroxylation sites is 1. The maximum Gasteiger partial charge on any atom is 0.418 e. The Hall–Kier alpha value is -3.26. The van der Waals surface area contributed by atoms with Crippen LogP contribution in [0.1, 0.15) is 16.8 Å². The number of amides is 2. The fourth-order valence-corrected chi connectivity index (χ4v) is 3.21. The van der Waals surface area contributed by atoms with Gasteiger partial charge in [0.25, 0.3) is 0 Å². The molecule has 0 saturated carbocycles. The molecule has 2 amide bonds. The largest absolute Gasteiger partial charge is 0.418 e. The molecular weight excluding hydrogens is 407 g/mol. The molecule has 0 bridgehead atoms. The highest BCUT2D eigenvalue weighted by atomic mass is 19.4. The van der Waals surface area contributed by atoms with Crippen molar-refractivity contribution in [2.24, 2.45) is 0 Å². The van der Waals surface area contributed by atoms with E-state index in [1.807, 2.05) is 53.2 Å². The van der Waals surface area contributed by atoms with Gasteiger partial charge in [0.2, 0.25) is 0 Å². The van der Waals surface area contributed by atoms with E-state index in [9.17, 15) is 18.0 Å². The van der Waals surface area contributed by atoms with E-state index in [1.165, 1.54) is 30.2 Å². The summed E-state index contributed by atoms with van der Waals surface area (Å²) in [6.45, 7) is 1.34. The Balaban J connectivity index is 1.78. The third-order valence-electron chi connectivity index (χ3n) is 4.80. The van der Waals surface area contributed by atoms with Crippen molar-refractivity contribution in [1.29, 1.82) is 0 Å². The summed E-state index contributed by atoms with van der Waals surface area (Å²) in [5.74, 6) is 0. The number of nitrogens with zero attached hydrogens (tertiary/aromatic N) is 2. The molecule has 0 radical (unpaired) electrons. The van der Waals surface area contributed by atoms with Crippen LogP contribution in [-0.2, 0) is 24.0 Å². The number of hydrogen-bond acceptors (Lipinski definition) is 2. The molecule has 0 aliphatic carbocycles. The van der Waals surface area contributed by atoms with Gasteiger partial charge in [-0.25, -0.2) is 4.79 Å². The highest BCUT2D eigenvalue weighted by Crippen LogP contribution is 2.34. The van der Waals surface area contributed by atoms with Crippen LogP contribution in [0.15, 0.2) is 72.9 Å². The van der Waals surface area contributed by atoms with E-state index in [1.54, 1.807) is 0 Å². The number of rotatable bonds is 8. The number of hydrogen-bond donors (Lipinski definition) is 1. The number of urea groups is 1. The van der Waals surface area contributed by atoms with Crippen LogP contribution < -0.4 is 5.32 Å². The number of alkyl halides is 3. The Morgan fingerprint density at radius 3 is 2.45 bits per heavy atom. The number of aromatic nitrogens is 1. The zero-order valence-corrected chi connectivity index (χ0v) is 17.1. The van der Waals surface area contributed by atoms with Crippen LogP contribution in [0.4, 0.5) is 23.7 Å². The summed E-state index contributed by atoms with van der Waals surface area (Å²) in [5.41, 5.74) is 0.802. The van der Waals surface area contributed by atoms with E-state index in [4.69, 9.17) is 4.74 Å². The Morgan fingerprint density at radius 2 is 1.74 bits per heavy atom. The van der Waals surface area contributed by atoms with E-state index in [-0.39, 0.29) is 25.4 Å². The van der Waals surface area contributed by atoms with Crippen molar-refractivity contribution < 1.29 is 22.7 Å². The average molecular weight is 431 g/mol. The zero-order chi connectivity index (χ0) is 22.3. The van der Waals surface area contributed by atoms with Crippen molar-refractivity contribution >= 4 is 11.7 Å². The molecular formula is C23H24F3N3O2. The van der Waals surface area contributed by atoms with Gasteiger partial charge in [0.05, 0.1) is 24.4 Å². The van der Waals surface area contributed by atoms with Crippen molar-refractivity contribution in [3.63, 3.8) is 0 Å². The first-order chi connectivity index (χ1) is 14.9. The van der Waals surface area contributed by atoms with Gasteiger partial charge in [0.1, 0.15) is 0 Å². The number of methoxy groups -OCH3 is 1. The number of benzene rings is 2. The molecule has 1 heterocycles. The molecule has 0 aliphatic heterocycles. The van der Waals surface area contributed by atoms with Crippen LogP contribution in [0.3, 0.4) is 0 Å². The molecule has 164 valence electrons. The van der Waals surface area contributed by atoms with Gasteiger partial charge >= 0.3 is 12.2 Å². The Labute approximate surface area is 179 Å². The lowest BCUT2D eigenvalue weighted by Gasteiger charge is -2.24. The van der Waals surface area contributed by atoms with E-state index in [0.29, 0.717) is 6.54 Å². The molecule has 0 spiro atoms. The number of ether oxygens (including phenoxy) is 1. The minimum Gasteiger partial charge on any atom is -0.383 e. The molecule has 8 heteroatoms. The lowest BCUT2D eigenvalue weighted by molar-refractivity contribution is -0.136. The minimum absolute atomic E-state index is 0.225. The summed E-state index contributed by atoms with van der Waals surface area (Å²) in [6.07, 6.45) is -2.65. The first-order valence-electron chi connectivity index (χ1n) is 9.77. The van der Waals surface area contributed by atoms with Crippen LogP contribution in [0.2, 0.25) is 0 Å². The van der Waals surface area contributed by atoms with Gasteiger partial charge < -0.3 is 19.5 Å². The second-order valence-electron chi connectivity index (χ2n) is 7.00. The molecule has 1 aromatic heterocycles. The van der Waals surface area contributed by atoms with Gasteiger partial charge in [-0.2, -0.15) is 13.2 Å². The van der Waals surface area contributed by atoms with Gasteiger partial charge in [0.15, 0.2) is 0 Å². The van der Waals surface area contributed by atoms with Crippen LogP contribution in [-0.4, -0.2) is 35.8 Å². The van der Waals surface area contributed by atoms with Crippen molar-refractivity contribution in [1.82, 2.24) is 9.47 Å². The maximum atomic E-state index is 13.3. The van der Waals surface area contributed by atoms with E-state index in [2.05, 4.69) is 5.32 Å². The van der Waals surface area contributed by atoms with Crippen LogP contribution in [0.25, 0.3) is 0 Å². The molecule has 0 saturated heterocycles. The first kappa shape index (κ1) is 22.4. The van der Waals surface area contributed by atoms with Crippen LogP contribution in [0, 0.1) is 0 Å². The molecule has 0 atom stereocenters.